The van der Waals surface area contributed by atoms with E-state index in [1.165, 1.54) is 18.2 Å². The number of hydrogen-bond acceptors (Lipinski definition) is 4. The standard InChI is InChI=1S/C20H20FN5O2/c1-3-26-11-12(10-22-26)17-9-15(14-5-4-13(21)8-18(14)23-17)19(27)24-16-6-7-25(2)20(16)28/h4-5,8-11,16H,3,6-7H2,1-2H3,(H,24,27)/t16-/m0/s1. The van der Waals surface area contributed by atoms with Crippen LogP contribution >= 0.6 is 0 Å². The van der Waals surface area contributed by atoms with Gasteiger partial charge in [-0.2, -0.15) is 5.10 Å². The number of rotatable bonds is 4. The number of benzene rings is 1. The Morgan fingerprint density at radius 2 is 2.18 bits per heavy atom. The number of carbonyl (C=O) groups excluding carboxylic acids is 2. The molecule has 144 valence electrons. The van der Waals surface area contributed by atoms with E-state index < -0.39 is 11.9 Å². The first-order valence-electron chi connectivity index (χ1n) is 9.15. The van der Waals surface area contributed by atoms with Crippen molar-refractivity contribution in [2.75, 3.05) is 13.6 Å². The molecule has 3 heterocycles. The summed E-state index contributed by atoms with van der Waals surface area (Å²) in [5.41, 5.74) is 1.99. The van der Waals surface area contributed by atoms with Crippen molar-refractivity contribution in [3.63, 3.8) is 0 Å². The summed E-state index contributed by atoms with van der Waals surface area (Å²) in [6, 6.07) is 5.25. The molecule has 3 aromatic rings. The highest BCUT2D eigenvalue weighted by Gasteiger charge is 2.31. The van der Waals surface area contributed by atoms with Gasteiger partial charge >= 0.3 is 0 Å². The zero-order valence-corrected chi connectivity index (χ0v) is 15.6. The second-order valence-electron chi connectivity index (χ2n) is 6.88. The Kier molecular flexibility index (Phi) is 4.54. The highest BCUT2D eigenvalue weighted by molar-refractivity contribution is 6.08. The number of carbonyl (C=O) groups is 2. The molecule has 0 bridgehead atoms. The topological polar surface area (TPSA) is 80.1 Å². The van der Waals surface area contributed by atoms with Gasteiger partial charge in [-0.1, -0.05) is 0 Å². The van der Waals surface area contributed by atoms with E-state index >= 15 is 0 Å². The number of aromatic nitrogens is 3. The zero-order chi connectivity index (χ0) is 19.8. The van der Waals surface area contributed by atoms with Gasteiger partial charge in [0.1, 0.15) is 11.9 Å². The average Bonchev–Trinajstić information content (AvgIpc) is 3.29. The van der Waals surface area contributed by atoms with Crippen molar-refractivity contribution in [1.82, 2.24) is 25.0 Å². The molecule has 1 aliphatic heterocycles. The summed E-state index contributed by atoms with van der Waals surface area (Å²) in [5.74, 6) is -0.917. The minimum absolute atomic E-state index is 0.109. The number of halogens is 1. The van der Waals surface area contributed by atoms with E-state index in [0.717, 1.165) is 5.56 Å². The van der Waals surface area contributed by atoms with Crippen LogP contribution in [0.2, 0.25) is 0 Å². The van der Waals surface area contributed by atoms with Gasteiger partial charge in [0.2, 0.25) is 5.91 Å². The fourth-order valence-corrected chi connectivity index (χ4v) is 3.40. The maximum atomic E-state index is 13.8. The monoisotopic (exact) mass is 381 g/mol. The number of pyridine rings is 1. The summed E-state index contributed by atoms with van der Waals surface area (Å²) in [5, 5.41) is 7.57. The maximum absolute atomic E-state index is 13.8. The van der Waals surface area contributed by atoms with Crippen LogP contribution in [-0.2, 0) is 11.3 Å². The summed E-state index contributed by atoms with van der Waals surface area (Å²) in [6.07, 6.45) is 4.05. The van der Waals surface area contributed by atoms with Crippen molar-refractivity contribution in [3.05, 3.63) is 48.0 Å². The number of fused-ring (bicyclic) bond motifs is 1. The molecular weight excluding hydrogens is 361 g/mol. The highest BCUT2D eigenvalue weighted by atomic mass is 19.1. The molecule has 1 saturated heterocycles. The first-order chi connectivity index (χ1) is 13.5. The normalized spacial score (nSPS) is 16.8. The quantitative estimate of drug-likeness (QED) is 0.752. The first-order valence-corrected chi connectivity index (χ1v) is 9.15. The Labute approximate surface area is 161 Å². The largest absolute Gasteiger partial charge is 0.344 e. The minimum Gasteiger partial charge on any atom is -0.344 e. The molecular formula is C20H20FN5O2. The fraction of sp³-hybridized carbons (Fsp3) is 0.300. The Hall–Kier alpha value is -3.29. The van der Waals surface area contributed by atoms with Crippen molar-refractivity contribution < 1.29 is 14.0 Å². The second-order valence-corrected chi connectivity index (χ2v) is 6.88. The van der Waals surface area contributed by atoms with Crippen molar-refractivity contribution in [2.24, 2.45) is 0 Å². The lowest BCUT2D eigenvalue weighted by molar-refractivity contribution is -0.128. The van der Waals surface area contributed by atoms with Crippen LogP contribution in [0.5, 0.6) is 0 Å². The molecule has 7 nitrogen and oxygen atoms in total. The molecule has 0 unspecified atom stereocenters. The van der Waals surface area contributed by atoms with Crippen molar-refractivity contribution >= 4 is 22.7 Å². The van der Waals surface area contributed by atoms with Crippen molar-refractivity contribution in [3.8, 4) is 11.3 Å². The number of nitrogens with one attached hydrogen (secondary N) is 1. The number of likely N-dealkylation sites (N-methyl/N-ethyl adjacent to an activating group) is 1. The van der Waals surface area contributed by atoms with Gasteiger partial charge in [-0.25, -0.2) is 9.37 Å². The SMILES string of the molecule is CCn1cc(-c2cc(C(=O)N[C@H]3CCN(C)C3=O)c3ccc(F)cc3n2)cn1. The Bertz CT molecular complexity index is 1080. The first kappa shape index (κ1) is 18.1. The molecule has 0 spiro atoms. The van der Waals surface area contributed by atoms with E-state index in [2.05, 4.69) is 15.4 Å². The van der Waals surface area contributed by atoms with Gasteiger partial charge in [-0.15, -0.1) is 0 Å². The summed E-state index contributed by atoms with van der Waals surface area (Å²) in [4.78, 5) is 31.2. The van der Waals surface area contributed by atoms with E-state index in [4.69, 9.17) is 0 Å². The Balaban J connectivity index is 1.77. The van der Waals surface area contributed by atoms with Crippen LogP contribution in [0.25, 0.3) is 22.2 Å². The average molecular weight is 381 g/mol. The predicted octanol–water partition coefficient (Wildman–Crippen LogP) is 2.22. The van der Waals surface area contributed by atoms with E-state index in [1.54, 1.807) is 28.9 Å². The summed E-state index contributed by atoms with van der Waals surface area (Å²) in [7, 11) is 1.71. The smallest absolute Gasteiger partial charge is 0.252 e. The maximum Gasteiger partial charge on any atom is 0.252 e. The number of hydrogen-bond donors (Lipinski definition) is 1. The van der Waals surface area contributed by atoms with Crippen molar-refractivity contribution in [2.45, 2.75) is 25.9 Å². The van der Waals surface area contributed by atoms with Gasteiger partial charge < -0.3 is 10.2 Å². The van der Waals surface area contributed by atoms with Crippen LogP contribution in [0.1, 0.15) is 23.7 Å². The molecule has 1 aliphatic rings. The fourth-order valence-electron chi connectivity index (χ4n) is 3.40. The van der Waals surface area contributed by atoms with Crippen LogP contribution in [0, 0.1) is 5.82 Å². The predicted molar refractivity (Wildman–Crippen MR) is 102 cm³/mol. The molecule has 28 heavy (non-hydrogen) atoms. The lowest BCUT2D eigenvalue weighted by Gasteiger charge is -2.14. The molecule has 0 saturated carbocycles. The van der Waals surface area contributed by atoms with Crippen molar-refractivity contribution in [1.29, 1.82) is 0 Å². The highest BCUT2D eigenvalue weighted by Crippen LogP contribution is 2.26. The van der Waals surface area contributed by atoms with Gasteiger partial charge in [-0.05, 0) is 31.5 Å². The summed E-state index contributed by atoms with van der Waals surface area (Å²) in [6.45, 7) is 3.27. The molecule has 1 atom stereocenters. The van der Waals surface area contributed by atoms with Crippen LogP contribution in [0.4, 0.5) is 4.39 Å². The number of amides is 2. The lowest BCUT2D eigenvalue weighted by Crippen LogP contribution is -2.40. The van der Waals surface area contributed by atoms with E-state index in [-0.39, 0.29) is 11.8 Å². The molecule has 4 rings (SSSR count). The lowest BCUT2D eigenvalue weighted by atomic mass is 10.0. The summed E-state index contributed by atoms with van der Waals surface area (Å²) < 4.78 is 15.5. The third-order valence-corrected chi connectivity index (χ3v) is 5.00. The molecule has 1 aromatic carbocycles. The van der Waals surface area contributed by atoms with Crippen LogP contribution in [-0.4, -0.2) is 51.1 Å². The van der Waals surface area contributed by atoms with Gasteiger partial charge in [0.25, 0.3) is 5.91 Å². The second kappa shape index (κ2) is 7.03. The molecule has 2 amide bonds. The third kappa shape index (κ3) is 3.21. The molecule has 0 aliphatic carbocycles. The van der Waals surface area contributed by atoms with Crippen LogP contribution < -0.4 is 5.32 Å². The molecule has 0 radical (unpaired) electrons. The van der Waals surface area contributed by atoms with Gasteiger partial charge in [0, 0.05) is 43.4 Å². The van der Waals surface area contributed by atoms with Gasteiger partial charge in [0.15, 0.2) is 0 Å². The zero-order valence-electron chi connectivity index (χ0n) is 15.6. The van der Waals surface area contributed by atoms with Gasteiger partial charge in [-0.3, -0.25) is 14.3 Å². The molecule has 1 fully saturated rings. The molecule has 2 aromatic heterocycles. The Morgan fingerprint density at radius 3 is 2.86 bits per heavy atom. The number of nitrogens with zero attached hydrogens (tertiary/aromatic N) is 4. The number of aryl methyl sites for hydroxylation is 1. The van der Waals surface area contributed by atoms with Crippen LogP contribution in [0.3, 0.4) is 0 Å². The molecule has 8 heteroatoms. The van der Waals surface area contributed by atoms with E-state index in [0.29, 0.717) is 41.7 Å². The summed E-state index contributed by atoms with van der Waals surface area (Å²) >= 11 is 0. The molecule has 1 N–H and O–H groups in total. The van der Waals surface area contributed by atoms with E-state index in [9.17, 15) is 14.0 Å². The van der Waals surface area contributed by atoms with Gasteiger partial charge in [0.05, 0.1) is 23.0 Å². The van der Waals surface area contributed by atoms with E-state index in [1.807, 2.05) is 13.1 Å². The third-order valence-electron chi connectivity index (χ3n) is 5.00. The number of likely N-dealkylation sites (tertiary alicyclic amines) is 1. The van der Waals surface area contributed by atoms with Crippen LogP contribution in [0.15, 0.2) is 36.7 Å². The minimum atomic E-state index is -0.549. The Morgan fingerprint density at radius 1 is 1.36 bits per heavy atom.